The van der Waals surface area contributed by atoms with E-state index >= 15 is 0 Å². The number of urea groups is 1. The number of carbonyl (C=O) groups is 2. The number of carboxylic acid groups (broad SMARTS) is 1. The van der Waals surface area contributed by atoms with E-state index in [1.165, 1.54) is 4.90 Å². The molecule has 4 rings (SSSR count). The lowest BCUT2D eigenvalue weighted by Crippen LogP contribution is -2.50. The van der Waals surface area contributed by atoms with Crippen LogP contribution in [0.15, 0.2) is 54.6 Å². The van der Waals surface area contributed by atoms with Crippen LogP contribution in [-0.2, 0) is 0 Å². The Morgan fingerprint density at radius 3 is 2.41 bits per heavy atom. The van der Waals surface area contributed by atoms with Crippen molar-refractivity contribution in [2.24, 2.45) is 0 Å². The van der Waals surface area contributed by atoms with Crippen molar-refractivity contribution >= 4 is 17.7 Å². The highest BCUT2D eigenvalue weighted by Gasteiger charge is 2.36. The molecule has 8 heteroatoms. The van der Waals surface area contributed by atoms with Crippen molar-refractivity contribution in [2.45, 2.75) is 24.9 Å². The van der Waals surface area contributed by atoms with Crippen molar-refractivity contribution in [3.63, 3.8) is 0 Å². The molecule has 2 aromatic rings. The van der Waals surface area contributed by atoms with E-state index in [9.17, 15) is 18.4 Å². The van der Waals surface area contributed by atoms with E-state index in [1.807, 2.05) is 36.4 Å². The number of rotatable bonds is 3. The van der Waals surface area contributed by atoms with Gasteiger partial charge in [-0.05, 0) is 42.2 Å². The van der Waals surface area contributed by atoms with Gasteiger partial charge >= 0.3 is 12.1 Å². The van der Waals surface area contributed by atoms with E-state index in [4.69, 9.17) is 5.11 Å². The Hall–Kier alpha value is -3.42. The molecule has 168 valence electrons. The number of hydrogen-bond donors (Lipinski definition) is 1. The zero-order valence-corrected chi connectivity index (χ0v) is 17.7. The van der Waals surface area contributed by atoms with Gasteiger partial charge in [0, 0.05) is 38.3 Å². The third-order valence-electron chi connectivity index (χ3n) is 6.28. The Labute approximate surface area is 185 Å². The summed E-state index contributed by atoms with van der Waals surface area (Å²) in [6.45, 7) is 0.895. The Morgan fingerprint density at radius 1 is 1.06 bits per heavy atom. The number of hydrogen-bond acceptors (Lipinski definition) is 2. The van der Waals surface area contributed by atoms with E-state index in [0.29, 0.717) is 31.5 Å². The second-order valence-electron chi connectivity index (χ2n) is 8.19. The van der Waals surface area contributed by atoms with Gasteiger partial charge in [0.2, 0.25) is 0 Å². The molecule has 0 aliphatic carbocycles. The monoisotopic (exact) mass is 441 g/mol. The smallest absolute Gasteiger partial charge is 0.407 e. The van der Waals surface area contributed by atoms with Crippen LogP contribution in [0.4, 0.5) is 18.4 Å². The summed E-state index contributed by atoms with van der Waals surface area (Å²) in [5.41, 5.74) is 1.58. The Bertz CT molecular complexity index is 1040. The first-order valence-corrected chi connectivity index (χ1v) is 10.6. The normalized spacial score (nSPS) is 19.1. The maximum Gasteiger partial charge on any atom is 0.407 e. The summed E-state index contributed by atoms with van der Waals surface area (Å²) < 4.78 is 28.3. The van der Waals surface area contributed by atoms with Gasteiger partial charge < -0.3 is 19.8 Å². The third kappa shape index (κ3) is 4.30. The largest absolute Gasteiger partial charge is 0.465 e. The maximum atomic E-state index is 14.5. The molecule has 0 spiro atoms. The molecule has 2 aliphatic heterocycles. The van der Waals surface area contributed by atoms with Crippen molar-refractivity contribution in [2.75, 3.05) is 26.7 Å². The molecule has 0 bridgehead atoms. The molecule has 1 fully saturated rings. The number of piperidine rings is 1. The van der Waals surface area contributed by atoms with Crippen molar-refractivity contribution in [1.29, 1.82) is 0 Å². The quantitative estimate of drug-likeness (QED) is 0.757. The highest BCUT2D eigenvalue weighted by molar-refractivity contribution is 5.82. The van der Waals surface area contributed by atoms with Gasteiger partial charge in [0.1, 0.15) is 11.6 Å². The van der Waals surface area contributed by atoms with Crippen LogP contribution < -0.4 is 0 Å². The van der Waals surface area contributed by atoms with Gasteiger partial charge in [0.05, 0.1) is 6.04 Å². The molecule has 0 radical (unpaired) electrons. The fourth-order valence-electron chi connectivity index (χ4n) is 4.45. The molecule has 0 aromatic heterocycles. The lowest BCUT2D eigenvalue weighted by atomic mass is 10.0. The second-order valence-corrected chi connectivity index (χ2v) is 8.19. The summed E-state index contributed by atoms with van der Waals surface area (Å²) in [4.78, 5) is 29.3. The van der Waals surface area contributed by atoms with Gasteiger partial charge in [-0.25, -0.2) is 18.4 Å². The first-order valence-electron chi connectivity index (χ1n) is 10.6. The Morgan fingerprint density at radius 2 is 1.75 bits per heavy atom. The molecule has 0 unspecified atom stereocenters. The van der Waals surface area contributed by atoms with Gasteiger partial charge in [0.25, 0.3) is 0 Å². The van der Waals surface area contributed by atoms with Crippen molar-refractivity contribution < 1.29 is 23.5 Å². The molecule has 1 saturated heterocycles. The van der Waals surface area contributed by atoms with Crippen molar-refractivity contribution in [3.8, 4) is 0 Å². The molecule has 2 heterocycles. The van der Waals surface area contributed by atoms with Crippen LogP contribution in [0.1, 0.15) is 30.0 Å². The lowest BCUT2D eigenvalue weighted by molar-refractivity contribution is 0.100. The van der Waals surface area contributed by atoms with Gasteiger partial charge in [-0.1, -0.05) is 36.4 Å². The first kappa shape index (κ1) is 21.8. The van der Waals surface area contributed by atoms with Crippen LogP contribution in [0, 0.1) is 11.6 Å². The molecule has 2 aliphatic rings. The van der Waals surface area contributed by atoms with Crippen molar-refractivity contribution in [1.82, 2.24) is 14.7 Å². The fraction of sp³-hybridized carbons (Fsp3) is 0.333. The topological polar surface area (TPSA) is 64.1 Å². The van der Waals surface area contributed by atoms with Crippen LogP contribution in [0.2, 0.25) is 0 Å². The molecule has 2 aromatic carbocycles. The molecule has 6 nitrogen and oxygen atoms in total. The number of nitrogens with zero attached hydrogens (tertiary/aromatic N) is 3. The number of benzene rings is 2. The summed E-state index contributed by atoms with van der Waals surface area (Å²) in [5.74, 6) is -1.07. The average molecular weight is 441 g/mol. The van der Waals surface area contributed by atoms with Gasteiger partial charge in [-0.3, -0.25) is 0 Å². The fourth-order valence-corrected chi connectivity index (χ4v) is 4.45. The van der Waals surface area contributed by atoms with E-state index in [1.54, 1.807) is 16.8 Å². The van der Waals surface area contributed by atoms with Crippen LogP contribution in [0.5, 0.6) is 0 Å². The van der Waals surface area contributed by atoms with E-state index < -0.39 is 23.8 Å². The van der Waals surface area contributed by atoms with E-state index in [2.05, 4.69) is 0 Å². The minimum atomic E-state index is -0.952. The molecular formula is C24H25F2N3O3. The second kappa shape index (κ2) is 8.98. The van der Waals surface area contributed by atoms with Crippen LogP contribution in [0.3, 0.4) is 0 Å². The first-order chi connectivity index (χ1) is 15.3. The lowest BCUT2D eigenvalue weighted by Gasteiger charge is -2.38. The number of halogens is 2. The molecular weight excluding hydrogens is 416 g/mol. The van der Waals surface area contributed by atoms with E-state index in [-0.39, 0.29) is 24.2 Å². The Kier molecular flexibility index (Phi) is 6.12. The number of likely N-dealkylation sites (tertiary alicyclic amines) is 1. The minimum absolute atomic E-state index is 0.0931. The SMILES string of the molecule is CN(C(=O)N1CC(c2cc(F)ccc2F)=C[C@H]1c1ccccc1)C1CCN(C(=O)O)CC1. The summed E-state index contributed by atoms with van der Waals surface area (Å²) in [6.07, 6.45) is 1.97. The minimum Gasteiger partial charge on any atom is -0.465 e. The molecule has 3 amide bonds. The van der Waals surface area contributed by atoms with Gasteiger partial charge in [-0.2, -0.15) is 0 Å². The predicted molar refractivity (Wildman–Crippen MR) is 116 cm³/mol. The van der Waals surface area contributed by atoms with Crippen LogP contribution in [-0.4, -0.2) is 64.7 Å². The molecule has 0 saturated carbocycles. The zero-order valence-electron chi connectivity index (χ0n) is 17.7. The third-order valence-corrected chi connectivity index (χ3v) is 6.28. The standard InChI is InChI=1S/C24H25F2N3O3/c1-27(19-9-11-28(12-10-19)24(31)32)23(30)29-15-17(20-14-18(25)7-8-21(20)26)13-22(29)16-5-3-2-4-6-16/h2-8,13-14,19,22H,9-12,15H2,1H3,(H,31,32)/t22-/m0/s1. The molecule has 1 atom stereocenters. The highest BCUT2D eigenvalue weighted by atomic mass is 19.1. The molecule has 1 N–H and O–H groups in total. The average Bonchev–Trinajstić information content (AvgIpc) is 3.25. The summed E-state index contributed by atoms with van der Waals surface area (Å²) >= 11 is 0. The van der Waals surface area contributed by atoms with Gasteiger partial charge in [-0.15, -0.1) is 0 Å². The number of amides is 3. The maximum absolute atomic E-state index is 14.5. The van der Waals surface area contributed by atoms with E-state index in [0.717, 1.165) is 23.8 Å². The van der Waals surface area contributed by atoms with Crippen LogP contribution in [0.25, 0.3) is 5.57 Å². The summed E-state index contributed by atoms with van der Waals surface area (Å²) in [7, 11) is 1.71. The summed E-state index contributed by atoms with van der Waals surface area (Å²) in [5, 5.41) is 9.16. The highest BCUT2D eigenvalue weighted by Crippen LogP contribution is 2.36. The zero-order chi connectivity index (χ0) is 22.8. The van der Waals surface area contributed by atoms with Crippen molar-refractivity contribution in [3.05, 3.63) is 77.4 Å². The van der Waals surface area contributed by atoms with Gasteiger partial charge in [0.15, 0.2) is 0 Å². The van der Waals surface area contributed by atoms with Crippen LogP contribution >= 0.6 is 0 Å². The summed E-state index contributed by atoms with van der Waals surface area (Å²) in [6, 6.07) is 12.0. The molecule has 32 heavy (non-hydrogen) atoms. The Balaban J connectivity index is 1.58. The predicted octanol–water partition coefficient (Wildman–Crippen LogP) is 4.60. The number of carbonyl (C=O) groups excluding carboxylic acids is 1.